The van der Waals surface area contributed by atoms with Crippen molar-refractivity contribution in [1.29, 1.82) is 0 Å². The zero-order chi connectivity index (χ0) is 11.5. The molecule has 0 bridgehead atoms. The lowest BCUT2D eigenvalue weighted by Crippen LogP contribution is -1.97. The van der Waals surface area contributed by atoms with Crippen molar-refractivity contribution in [3.05, 3.63) is 46.9 Å². The lowest BCUT2D eigenvalue weighted by Gasteiger charge is -2.08. The first-order valence-electron chi connectivity index (χ1n) is 4.98. The number of anilines is 2. The van der Waals surface area contributed by atoms with E-state index < -0.39 is 0 Å². The fourth-order valence-electron chi connectivity index (χ4n) is 1.32. The highest BCUT2D eigenvalue weighted by atomic mass is 35.5. The van der Waals surface area contributed by atoms with Crippen LogP contribution >= 0.6 is 11.6 Å². The molecule has 0 amide bonds. The molecule has 82 valence electrons. The van der Waals surface area contributed by atoms with Crippen LogP contribution in [0.25, 0.3) is 0 Å². The Kier molecular flexibility index (Phi) is 3.06. The monoisotopic (exact) mass is 233 g/mol. The molecule has 0 fully saturated rings. The van der Waals surface area contributed by atoms with Crippen molar-refractivity contribution >= 4 is 23.1 Å². The molecule has 2 aromatic rings. The highest BCUT2D eigenvalue weighted by Crippen LogP contribution is 2.19. The Morgan fingerprint density at radius 2 is 1.81 bits per heavy atom. The molecule has 0 aliphatic heterocycles. The molecule has 0 spiro atoms. The Hall–Kier alpha value is -1.61. The minimum atomic E-state index is 0.250. The van der Waals surface area contributed by atoms with Crippen molar-refractivity contribution in [3.63, 3.8) is 0 Å². The summed E-state index contributed by atoms with van der Waals surface area (Å²) in [5.74, 6) is 0.740. The molecule has 2 rings (SSSR count). The SMILES string of the molecule is Cc1ccc(Nc2nc(Cl)ncc2C)cc1. The first-order valence-corrected chi connectivity index (χ1v) is 5.36. The quantitative estimate of drug-likeness (QED) is 0.807. The molecular weight excluding hydrogens is 222 g/mol. The summed E-state index contributed by atoms with van der Waals surface area (Å²) in [4.78, 5) is 8.04. The summed E-state index contributed by atoms with van der Waals surface area (Å²) in [5, 5.41) is 3.45. The summed E-state index contributed by atoms with van der Waals surface area (Å²) in [6.45, 7) is 3.99. The molecule has 0 atom stereocenters. The summed E-state index contributed by atoms with van der Waals surface area (Å²) < 4.78 is 0. The molecule has 0 aliphatic rings. The van der Waals surface area contributed by atoms with Gasteiger partial charge in [0.2, 0.25) is 5.28 Å². The van der Waals surface area contributed by atoms with Crippen LogP contribution in [0.5, 0.6) is 0 Å². The van der Waals surface area contributed by atoms with E-state index in [1.807, 2.05) is 31.2 Å². The lowest BCUT2D eigenvalue weighted by atomic mass is 10.2. The first-order chi connectivity index (χ1) is 7.65. The number of halogens is 1. The molecule has 3 nitrogen and oxygen atoms in total. The zero-order valence-corrected chi connectivity index (χ0v) is 9.92. The van der Waals surface area contributed by atoms with E-state index in [9.17, 15) is 0 Å². The second-order valence-corrected chi connectivity index (χ2v) is 4.00. The Bertz CT molecular complexity index is 494. The molecule has 1 aromatic heterocycles. The van der Waals surface area contributed by atoms with E-state index in [2.05, 4.69) is 22.2 Å². The fourth-order valence-corrected chi connectivity index (χ4v) is 1.45. The van der Waals surface area contributed by atoms with Gasteiger partial charge >= 0.3 is 0 Å². The van der Waals surface area contributed by atoms with E-state index >= 15 is 0 Å². The van der Waals surface area contributed by atoms with E-state index in [0.717, 1.165) is 17.1 Å². The van der Waals surface area contributed by atoms with Gasteiger partial charge in [-0.05, 0) is 37.6 Å². The predicted molar refractivity (Wildman–Crippen MR) is 66.2 cm³/mol. The maximum absolute atomic E-state index is 5.75. The molecule has 1 aromatic carbocycles. The van der Waals surface area contributed by atoms with Gasteiger partial charge in [-0.2, -0.15) is 0 Å². The average molecular weight is 234 g/mol. The molecule has 0 saturated carbocycles. The van der Waals surface area contributed by atoms with Gasteiger partial charge in [-0.1, -0.05) is 17.7 Å². The number of aromatic nitrogens is 2. The average Bonchev–Trinajstić information content (AvgIpc) is 2.27. The highest BCUT2D eigenvalue weighted by molar-refractivity contribution is 6.28. The third-order valence-electron chi connectivity index (χ3n) is 2.26. The standard InChI is InChI=1S/C12H12ClN3/c1-8-3-5-10(6-4-8)15-11-9(2)7-14-12(13)16-11/h3-7H,1-2H3,(H,14,15,16). The molecule has 0 radical (unpaired) electrons. The van der Waals surface area contributed by atoms with E-state index in [4.69, 9.17) is 11.6 Å². The third-order valence-corrected chi connectivity index (χ3v) is 2.44. The van der Waals surface area contributed by atoms with Crippen molar-refractivity contribution in [1.82, 2.24) is 9.97 Å². The Morgan fingerprint density at radius 3 is 2.50 bits per heavy atom. The minimum absolute atomic E-state index is 0.250. The summed E-state index contributed by atoms with van der Waals surface area (Å²) in [5.41, 5.74) is 3.18. The number of nitrogens with zero attached hydrogens (tertiary/aromatic N) is 2. The van der Waals surface area contributed by atoms with Gasteiger partial charge in [0.05, 0.1) is 0 Å². The molecule has 4 heteroatoms. The minimum Gasteiger partial charge on any atom is -0.340 e. The maximum Gasteiger partial charge on any atom is 0.224 e. The highest BCUT2D eigenvalue weighted by Gasteiger charge is 2.02. The summed E-state index contributed by atoms with van der Waals surface area (Å²) >= 11 is 5.75. The van der Waals surface area contributed by atoms with Crippen LogP contribution in [0.15, 0.2) is 30.5 Å². The van der Waals surface area contributed by atoms with Crippen molar-refractivity contribution in [2.45, 2.75) is 13.8 Å². The van der Waals surface area contributed by atoms with E-state index in [1.54, 1.807) is 6.20 Å². The van der Waals surface area contributed by atoms with Gasteiger partial charge in [0, 0.05) is 17.4 Å². The van der Waals surface area contributed by atoms with Gasteiger partial charge in [-0.25, -0.2) is 9.97 Å². The number of benzene rings is 1. The van der Waals surface area contributed by atoms with Gasteiger partial charge < -0.3 is 5.32 Å². The number of hydrogen-bond acceptors (Lipinski definition) is 3. The van der Waals surface area contributed by atoms with Crippen LogP contribution < -0.4 is 5.32 Å². The topological polar surface area (TPSA) is 37.8 Å². The second kappa shape index (κ2) is 4.49. The maximum atomic E-state index is 5.75. The molecule has 1 N–H and O–H groups in total. The van der Waals surface area contributed by atoms with Crippen LogP contribution in [0.3, 0.4) is 0 Å². The van der Waals surface area contributed by atoms with E-state index in [0.29, 0.717) is 0 Å². The first kappa shape index (κ1) is 10.9. The van der Waals surface area contributed by atoms with Crippen LogP contribution in [0.2, 0.25) is 5.28 Å². The van der Waals surface area contributed by atoms with Crippen molar-refractivity contribution in [2.24, 2.45) is 0 Å². The summed E-state index contributed by atoms with van der Waals surface area (Å²) in [6.07, 6.45) is 1.70. The third kappa shape index (κ3) is 2.49. The smallest absolute Gasteiger partial charge is 0.224 e. The van der Waals surface area contributed by atoms with Crippen LogP contribution in [0.4, 0.5) is 11.5 Å². The van der Waals surface area contributed by atoms with Gasteiger partial charge in [-0.15, -0.1) is 0 Å². The van der Waals surface area contributed by atoms with Gasteiger partial charge in [-0.3, -0.25) is 0 Å². The van der Waals surface area contributed by atoms with Gasteiger partial charge in [0.25, 0.3) is 0 Å². The zero-order valence-electron chi connectivity index (χ0n) is 9.16. The van der Waals surface area contributed by atoms with Crippen molar-refractivity contribution < 1.29 is 0 Å². The second-order valence-electron chi connectivity index (χ2n) is 3.66. The number of rotatable bonds is 2. The Labute approximate surface area is 99.5 Å². The van der Waals surface area contributed by atoms with Crippen LogP contribution in [-0.4, -0.2) is 9.97 Å². The predicted octanol–water partition coefficient (Wildman–Crippen LogP) is 3.49. The van der Waals surface area contributed by atoms with Crippen molar-refractivity contribution in [3.8, 4) is 0 Å². The normalized spacial score (nSPS) is 10.2. The Morgan fingerprint density at radius 1 is 1.12 bits per heavy atom. The molecule has 16 heavy (non-hydrogen) atoms. The van der Waals surface area contributed by atoms with Gasteiger partial charge in [0.1, 0.15) is 5.82 Å². The molecule has 1 heterocycles. The number of hydrogen-bond donors (Lipinski definition) is 1. The largest absolute Gasteiger partial charge is 0.340 e. The molecular formula is C12H12ClN3. The lowest BCUT2D eigenvalue weighted by molar-refractivity contribution is 1.13. The van der Waals surface area contributed by atoms with E-state index in [-0.39, 0.29) is 5.28 Å². The molecule has 0 unspecified atom stereocenters. The summed E-state index contributed by atoms with van der Waals surface area (Å²) in [6, 6.07) is 8.09. The fraction of sp³-hybridized carbons (Fsp3) is 0.167. The molecule has 0 saturated heterocycles. The van der Waals surface area contributed by atoms with Gasteiger partial charge in [0.15, 0.2) is 0 Å². The van der Waals surface area contributed by atoms with Crippen LogP contribution in [0, 0.1) is 13.8 Å². The van der Waals surface area contributed by atoms with Crippen LogP contribution in [0.1, 0.15) is 11.1 Å². The summed E-state index contributed by atoms with van der Waals surface area (Å²) in [7, 11) is 0. The Balaban J connectivity index is 2.26. The number of aryl methyl sites for hydroxylation is 2. The van der Waals surface area contributed by atoms with Crippen LogP contribution in [-0.2, 0) is 0 Å². The van der Waals surface area contributed by atoms with E-state index in [1.165, 1.54) is 5.56 Å². The molecule has 0 aliphatic carbocycles. The number of nitrogens with one attached hydrogen (secondary N) is 1. The van der Waals surface area contributed by atoms with Crippen molar-refractivity contribution in [2.75, 3.05) is 5.32 Å².